The monoisotopic (exact) mass is 719 g/mol. The molecule has 4 heteroatoms. The summed E-state index contributed by atoms with van der Waals surface area (Å²) in [7, 11) is 0. The lowest BCUT2D eigenvalue weighted by Crippen LogP contribution is -2.02. The molecule has 0 atom stereocenters. The minimum atomic E-state index is 0.758. The zero-order valence-electron chi connectivity index (χ0n) is 29.8. The molecule has 0 fully saturated rings. The van der Waals surface area contributed by atoms with Gasteiger partial charge in [0, 0.05) is 42.4 Å². The molecule has 8 aromatic carbocycles. The van der Waals surface area contributed by atoms with Crippen LogP contribution in [0.1, 0.15) is 0 Å². The normalized spacial score (nSPS) is 11.3. The van der Waals surface area contributed by atoms with E-state index in [0.717, 1.165) is 72.5 Å². The molecule has 0 bridgehead atoms. The van der Waals surface area contributed by atoms with Crippen molar-refractivity contribution in [1.29, 1.82) is 0 Å². The Morgan fingerprint density at radius 1 is 0.345 bits per heavy atom. The van der Waals surface area contributed by atoms with Gasteiger partial charge >= 0.3 is 0 Å². The van der Waals surface area contributed by atoms with Crippen molar-refractivity contribution in [3.63, 3.8) is 0 Å². The molecule has 0 radical (unpaired) electrons. The summed E-state index contributed by atoms with van der Waals surface area (Å²) in [6.45, 7) is 0. The van der Waals surface area contributed by atoms with Gasteiger partial charge in [0.15, 0.2) is 0 Å². The Balaban J connectivity index is 1.49. The molecule has 0 amide bonds. The lowest BCUT2D eigenvalue weighted by Gasteiger charge is -2.26. The molecule has 2 aromatic heterocycles. The van der Waals surface area contributed by atoms with Crippen LogP contribution in [0.15, 0.2) is 200 Å². The maximum atomic E-state index is 4.87. The SMILES string of the molecule is c1ccc(-c2ccccc2-c2c(-c3ccccc3)cc(-c3ccccc3)c(-c3c(-c4ccccc4)ccc4sc5ccccc5c34)c2-c2ccnnn2)cc1. The Hall–Kier alpha value is -7.01. The minimum Gasteiger partial charge on any atom is -0.139 e. The van der Waals surface area contributed by atoms with E-state index < -0.39 is 0 Å². The van der Waals surface area contributed by atoms with E-state index in [2.05, 4.69) is 198 Å². The second-order valence-electron chi connectivity index (χ2n) is 13.6. The number of benzene rings is 8. The van der Waals surface area contributed by atoms with E-state index in [-0.39, 0.29) is 0 Å². The van der Waals surface area contributed by atoms with E-state index in [9.17, 15) is 0 Å². The van der Waals surface area contributed by atoms with Crippen LogP contribution in [0.4, 0.5) is 0 Å². The van der Waals surface area contributed by atoms with Crippen LogP contribution < -0.4 is 0 Å². The first-order chi connectivity index (χ1) is 27.3. The van der Waals surface area contributed by atoms with E-state index in [0.29, 0.717) is 0 Å². The van der Waals surface area contributed by atoms with E-state index in [1.54, 1.807) is 6.20 Å². The fourth-order valence-electron chi connectivity index (χ4n) is 8.05. The van der Waals surface area contributed by atoms with Gasteiger partial charge in [0.05, 0.1) is 11.9 Å². The van der Waals surface area contributed by atoms with E-state index in [1.807, 2.05) is 17.4 Å². The first-order valence-corrected chi connectivity index (χ1v) is 19.3. The summed E-state index contributed by atoms with van der Waals surface area (Å²) in [5.74, 6) is 0. The van der Waals surface area contributed by atoms with Crippen molar-refractivity contribution in [2.45, 2.75) is 0 Å². The third-order valence-electron chi connectivity index (χ3n) is 10.4. The Morgan fingerprint density at radius 2 is 0.873 bits per heavy atom. The van der Waals surface area contributed by atoms with Gasteiger partial charge in [-0.1, -0.05) is 170 Å². The van der Waals surface area contributed by atoms with Gasteiger partial charge in [0.1, 0.15) is 0 Å². The zero-order chi connectivity index (χ0) is 36.6. The lowest BCUT2D eigenvalue weighted by molar-refractivity contribution is 0.871. The van der Waals surface area contributed by atoms with Crippen LogP contribution in [-0.4, -0.2) is 15.4 Å². The fourth-order valence-corrected chi connectivity index (χ4v) is 9.16. The number of rotatable bonds is 7. The lowest BCUT2D eigenvalue weighted by atomic mass is 9.76. The van der Waals surface area contributed by atoms with Gasteiger partial charge < -0.3 is 0 Å². The molecule has 3 nitrogen and oxygen atoms in total. The highest BCUT2D eigenvalue weighted by molar-refractivity contribution is 7.26. The third kappa shape index (κ3) is 5.81. The van der Waals surface area contributed by atoms with Gasteiger partial charge in [-0.15, -0.1) is 21.5 Å². The number of thiophene rings is 1. The van der Waals surface area contributed by atoms with Crippen LogP contribution in [0.5, 0.6) is 0 Å². The minimum absolute atomic E-state index is 0.758. The second-order valence-corrected chi connectivity index (χ2v) is 14.7. The molecule has 2 heterocycles. The Labute approximate surface area is 323 Å². The number of hydrogen-bond donors (Lipinski definition) is 0. The molecule has 0 unspecified atom stereocenters. The van der Waals surface area contributed by atoms with Gasteiger partial charge in [-0.3, -0.25) is 0 Å². The van der Waals surface area contributed by atoms with E-state index >= 15 is 0 Å². The van der Waals surface area contributed by atoms with Crippen molar-refractivity contribution < 1.29 is 0 Å². The summed E-state index contributed by atoms with van der Waals surface area (Å²) in [6.07, 6.45) is 1.76. The molecule has 55 heavy (non-hydrogen) atoms. The van der Waals surface area contributed by atoms with Gasteiger partial charge in [0.25, 0.3) is 0 Å². The van der Waals surface area contributed by atoms with E-state index in [1.165, 1.54) is 25.7 Å². The highest BCUT2D eigenvalue weighted by Crippen LogP contribution is 2.55. The van der Waals surface area contributed by atoms with Crippen LogP contribution in [0.2, 0.25) is 0 Å². The Morgan fingerprint density at radius 3 is 1.49 bits per heavy atom. The predicted octanol–water partition coefficient (Wildman–Crippen LogP) is 13.9. The molecular weight excluding hydrogens is 687 g/mol. The Kier molecular flexibility index (Phi) is 8.36. The van der Waals surface area contributed by atoms with Gasteiger partial charge in [-0.2, -0.15) is 0 Å². The summed E-state index contributed by atoms with van der Waals surface area (Å²) in [4.78, 5) is 0. The molecular formula is C51H33N3S. The van der Waals surface area contributed by atoms with Crippen molar-refractivity contribution in [2.75, 3.05) is 0 Å². The molecule has 258 valence electrons. The number of nitrogens with zero attached hydrogens (tertiary/aromatic N) is 3. The van der Waals surface area contributed by atoms with Crippen molar-refractivity contribution in [1.82, 2.24) is 15.4 Å². The van der Waals surface area contributed by atoms with Crippen molar-refractivity contribution in [3.8, 4) is 78.0 Å². The number of fused-ring (bicyclic) bond motifs is 3. The third-order valence-corrected chi connectivity index (χ3v) is 11.6. The topological polar surface area (TPSA) is 38.7 Å². The van der Waals surface area contributed by atoms with Crippen molar-refractivity contribution in [2.24, 2.45) is 0 Å². The van der Waals surface area contributed by atoms with Crippen LogP contribution in [0, 0.1) is 0 Å². The Bertz CT molecular complexity index is 2940. The molecule has 0 saturated carbocycles. The van der Waals surface area contributed by atoms with Gasteiger partial charge in [0.2, 0.25) is 0 Å². The molecule has 0 aliphatic heterocycles. The highest BCUT2D eigenvalue weighted by atomic mass is 32.1. The maximum Gasteiger partial charge on any atom is 0.0976 e. The summed E-state index contributed by atoms with van der Waals surface area (Å²) < 4.78 is 2.49. The van der Waals surface area contributed by atoms with Crippen molar-refractivity contribution in [3.05, 3.63) is 200 Å². The molecule has 0 saturated heterocycles. The highest BCUT2D eigenvalue weighted by Gasteiger charge is 2.29. The second kappa shape index (κ2) is 14.1. The first kappa shape index (κ1) is 32.6. The molecule has 0 spiro atoms. The molecule has 0 aliphatic rings. The van der Waals surface area contributed by atoms with Crippen LogP contribution in [0.3, 0.4) is 0 Å². The number of hydrogen-bond acceptors (Lipinski definition) is 4. The fraction of sp³-hybridized carbons (Fsp3) is 0. The molecule has 0 aliphatic carbocycles. The van der Waals surface area contributed by atoms with Gasteiger partial charge in [-0.05, 0) is 79.5 Å². The quantitative estimate of drug-likeness (QED) is 0.165. The molecule has 0 N–H and O–H groups in total. The summed E-state index contributed by atoms with van der Waals surface area (Å²) in [6, 6.07) is 69.6. The summed E-state index contributed by atoms with van der Waals surface area (Å²) in [5, 5.41) is 15.8. The summed E-state index contributed by atoms with van der Waals surface area (Å²) in [5.41, 5.74) is 15.3. The van der Waals surface area contributed by atoms with E-state index in [4.69, 9.17) is 5.10 Å². The van der Waals surface area contributed by atoms with Crippen LogP contribution >= 0.6 is 11.3 Å². The smallest absolute Gasteiger partial charge is 0.0976 e. The molecule has 10 rings (SSSR count). The standard InChI is InChI=1S/C51H33N3S/c1-5-17-34(18-6-1)38-25-13-14-26-40(38)47-42(36-21-9-3-10-22-36)33-43(37-23-11-4-12-24-37)50(51(47)44-31-32-52-54-53-44)49-39(35-19-7-2-8-20-35)29-30-46-48(49)41-27-15-16-28-45(41)55-46/h1-33H. The average molecular weight is 720 g/mol. The average Bonchev–Trinajstić information content (AvgIpc) is 3.66. The van der Waals surface area contributed by atoms with Gasteiger partial charge in [-0.25, -0.2) is 0 Å². The van der Waals surface area contributed by atoms with Crippen LogP contribution in [0.25, 0.3) is 98.2 Å². The maximum absolute atomic E-state index is 4.87. The first-order valence-electron chi connectivity index (χ1n) is 18.4. The summed E-state index contributed by atoms with van der Waals surface area (Å²) >= 11 is 1.84. The molecule has 10 aromatic rings. The zero-order valence-corrected chi connectivity index (χ0v) is 30.6. The largest absolute Gasteiger partial charge is 0.139 e. The number of aromatic nitrogens is 3. The predicted molar refractivity (Wildman–Crippen MR) is 231 cm³/mol. The van der Waals surface area contributed by atoms with Crippen molar-refractivity contribution >= 4 is 31.5 Å². The van der Waals surface area contributed by atoms with Crippen LogP contribution in [-0.2, 0) is 0 Å².